The second kappa shape index (κ2) is 11.7. The zero-order chi connectivity index (χ0) is 30.3. The number of hydrogen-bond acceptors (Lipinski definition) is 6. The van der Waals surface area contributed by atoms with Crippen LogP contribution in [0.25, 0.3) is 0 Å². The van der Waals surface area contributed by atoms with Crippen molar-refractivity contribution in [3.05, 3.63) is 93.0 Å². The first kappa shape index (κ1) is 31.0. The maximum Gasteiger partial charge on any atom is 0.335 e. The quantitative estimate of drug-likeness (QED) is 0.196. The Hall–Kier alpha value is -2.95. The number of anilines is 1. The number of benzene rings is 3. The standard InChI is InChI=1S/C30H33Cl2F2N3O4/c1-29(2,3)14-23-30(35,18-10-9-16(31)13-20(18)33)24(17-6-5-7-19(32)25(17)34)26(37-23)27(38)36-21-11-8-15(28(39)40)12-22(21)41-4/h5-13,23-24,26-27,36-38H,14,35H2,1-4H3,(H,39,40)/t23-,24-,26+,27?,30+/m0/s1. The van der Waals surface area contributed by atoms with E-state index >= 15 is 8.78 Å². The molecule has 6 N–H and O–H groups in total. The average Bonchev–Trinajstić information content (AvgIpc) is 3.16. The molecule has 5 atom stereocenters. The predicted molar refractivity (Wildman–Crippen MR) is 156 cm³/mol. The number of rotatable bonds is 8. The average molecular weight is 609 g/mol. The second-order valence-corrected chi connectivity index (χ2v) is 12.3. The Morgan fingerprint density at radius 1 is 1.17 bits per heavy atom. The SMILES string of the molecule is COc1cc(C(=O)O)ccc1NC(O)[C@@H]1N[C@@H](CC(C)(C)C)[C@](N)(c2ccc(Cl)cc2F)[C@H]1c1cccc(Cl)c1F. The van der Waals surface area contributed by atoms with Crippen molar-refractivity contribution in [1.82, 2.24) is 5.32 Å². The summed E-state index contributed by atoms with van der Waals surface area (Å²) in [6.45, 7) is 6.00. The van der Waals surface area contributed by atoms with Crippen LogP contribution in [-0.4, -0.2) is 41.6 Å². The third-order valence-electron chi connectivity index (χ3n) is 7.47. The number of nitrogens with one attached hydrogen (secondary N) is 2. The van der Waals surface area contributed by atoms with Gasteiger partial charge in [-0.05, 0) is 53.8 Å². The van der Waals surface area contributed by atoms with Crippen molar-refractivity contribution >= 4 is 34.9 Å². The van der Waals surface area contributed by atoms with Crippen LogP contribution in [-0.2, 0) is 5.54 Å². The number of halogens is 4. The molecule has 0 bridgehead atoms. The molecule has 0 radical (unpaired) electrons. The van der Waals surface area contributed by atoms with Gasteiger partial charge < -0.3 is 31.3 Å². The Kier molecular flexibility index (Phi) is 8.87. The third-order valence-corrected chi connectivity index (χ3v) is 7.99. The minimum Gasteiger partial charge on any atom is -0.495 e. The van der Waals surface area contributed by atoms with Gasteiger partial charge in [0.1, 0.15) is 23.6 Å². The molecule has 7 nitrogen and oxygen atoms in total. The van der Waals surface area contributed by atoms with E-state index in [0.717, 1.165) is 6.07 Å². The molecule has 1 heterocycles. The van der Waals surface area contributed by atoms with Gasteiger partial charge in [0.15, 0.2) is 0 Å². The van der Waals surface area contributed by atoms with E-state index in [1.807, 2.05) is 20.8 Å². The van der Waals surface area contributed by atoms with Gasteiger partial charge in [0.05, 0.1) is 35.0 Å². The van der Waals surface area contributed by atoms with Crippen LogP contribution >= 0.6 is 23.2 Å². The summed E-state index contributed by atoms with van der Waals surface area (Å²) in [5.74, 6) is -3.41. The molecular formula is C30H33Cl2F2N3O4. The second-order valence-electron chi connectivity index (χ2n) is 11.5. The van der Waals surface area contributed by atoms with Crippen molar-refractivity contribution < 1.29 is 28.5 Å². The summed E-state index contributed by atoms with van der Waals surface area (Å²) < 4.78 is 36.7. The molecule has 1 aliphatic heterocycles. The van der Waals surface area contributed by atoms with E-state index in [-0.39, 0.29) is 43.6 Å². The lowest BCUT2D eigenvalue weighted by atomic mass is 9.68. The van der Waals surface area contributed by atoms with Gasteiger partial charge in [-0.2, -0.15) is 0 Å². The molecule has 4 rings (SSSR count). The fourth-order valence-corrected chi connectivity index (χ4v) is 6.03. The molecular weight excluding hydrogens is 575 g/mol. The van der Waals surface area contributed by atoms with Crippen molar-refractivity contribution in [1.29, 1.82) is 0 Å². The Balaban J connectivity index is 1.89. The topological polar surface area (TPSA) is 117 Å². The highest BCUT2D eigenvalue weighted by Crippen LogP contribution is 2.50. The molecule has 1 aliphatic rings. The van der Waals surface area contributed by atoms with Gasteiger partial charge in [-0.3, -0.25) is 0 Å². The first-order chi connectivity index (χ1) is 19.2. The molecule has 0 amide bonds. The predicted octanol–water partition coefficient (Wildman–Crippen LogP) is 6.12. The van der Waals surface area contributed by atoms with E-state index < -0.39 is 47.4 Å². The van der Waals surface area contributed by atoms with Crippen LogP contribution in [0.3, 0.4) is 0 Å². The lowest BCUT2D eigenvalue weighted by Crippen LogP contribution is -2.52. The van der Waals surface area contributed by atoms with Crippen molar-refractivity contribution in [3.63, 3.8) is 0 Å². The van der Waals surface area contributed by atoms with Crippen LogP contribution < -0.4 is 21.1 Å². The van der Waals surface area contributed by atoms with Gasteiger partial charge >= 0.3 is 5.97 Å². The summed E-state index contributed by atoms with van der Waals surface area (Å²) in [4.78, 5) is 11.4. The molecule has 220 valence electrons. The number of carboxylic acids is 1. The summed E-state index contributed by atoms with van der Waals surface area (Å²) in [6, 6.07) is 11.2. The third kappa shape index (κ3) is 6.15. The van der Waals surface area contributed by atoms with Crippen LogP contribution in [0.4, 0.5) is 14.5 Å². The number of carbonyl (C=O) groups is 1. The van der Waals surface area contributed by atoms with Crippen LogP contribution in [0.2, 0.25) is 10.0 Å². The maximum absolute atomic E-state index is 15.7. The minimum absolute atomic E-state index is 0.0100. The summed E-state index contributed by atoms with van der Waals surface area (Å²) in [5, 5.41) is 27.3. The van der Waals surface area contributed by atoms with Gasteiger partial charge in [0.2, 0.25) is 0 Å². The molecule has 11 heteroatoms. The van der Waals surface area contributed by atoms with Gasteiger partial charge in [-0.1, -0.05) is 62.2 Å². The highest BCUT2D eigenvalue weighted by molar-refractivity contribution is 6.31. The number of methoxy groups -OCH3 is 1. The highest BCUT2D eigenvalue weighted by atomic mass is 35.5. The number of ether oxygens (including phenoxy) is 1. The van der Waals surface area contributed by atoms with Gasteiger partial charge in [-0.25, -0.2) is 13.6 Å². The van der Waals surface area contributed by atoms with Crippen LogP contribution in [0, 0.1) is 17.0 Å². The molecule has 1 fully saturated rings. The molecule has 41 heavy (non-hydrogen) atoms. The number of aliphatic hydroxyl groups excluding tert-OH is 1. The molecule has 0 aromatic heterocycles. The van der Waals surface area contributed by atoms with Crippen molar-refractivity contribution in [2.45, 2.75) is 57.0 Å². The van der Waals surface area contributed by atoms with Crippen molar-refractivity contribution in [2.75, 3.05) is 12.4 Å². The normalized spacial score (nSPS) is 23.3. The minimum atomic E-state index is -1.57. The van der Waals surface area contributed by atoms with E-state index in [1.54, 1.807) is 6.07 Å². The van der Waals surface area contributed by atoms with E-state index in [0.29, 0.717) is 6.42 Å². The summed E-state index contributed by atoms with van der Waals surface area (Å²) in [7, 11) is 1.37. The zero-order valence-corrected chi connectivity index (χ0v) is 24.5. The smallest absolute Gasteiger partial charge is 0.335 e. The van der Waals surface area contributed by atoms with Crippen molar-refractivity contribution in [3.8, 4) is 5.75 Å². The fraction of sp³-hybridized carbons (Fsp3) is 0.367. The first-order valence-corrected chi connectivity index (χ1v) is 13.7. The molecule has 1 unspecified atom stereocenters. The molecule has 3 aromatic carbocycles. The largest absolute Gasteiger partial charge is 0.495 e. The van der Waals surface area contributed by atoms with Gasteiger partial charge in [0, 0.05) is 22.5 Å². The van der Waals surface area contributed by atoms with Gasteiger partial charge in [-0.15, -0.1) is 0 Å². The zero-order valence-electron chi connectivity index (χ0n) is 23.0. The van der Waals surface area contributed by atoms with Crippen LogP contribution in [0.5, 0.6) is 5.75 Å². The van der Waals surface area contributed by atoms with Crippen LogP contribution in [0.15, 0.2) is 54.6 Å². The maximum atomic E-state index is 15.7. The monoisotopic (exact) mass is 607 g/mol. The summed E-state index contributed by atoms with van der Waals surface area (Å²) >= 11 is 12.3. The number of nitrogens with two attached hydrogens (primary N) is 1. The molecule has 3 aromatic rings. The first-order valence-electron chi connectivity index (χ1n) is 13.0. The Bertz CT molecular complexity index is 1450. The number of aromatic carboxylic acids is 1. The fourth-order valence-electron chi connectivity index (χ4n) is 5.69. The molecule has 0 saturated carbocycles. The molecule has 0 aliphatic carbocycles. The summed E-state index contributed by atoms with van der Waals surface area (Å²) in [5.41, 5.74) is 5.83. The van der Waals surface area contributed by atoms with E-state index in [9.17, 15) is 15.0 Å². The summed E-state index contributed by atoms with van der Waals surface area (Å²) in [6.07, 6.45) is -0.990. The Morgan fingerprint density at radius 2 is 1.88 bits per heavy atom. The lowest BCUT2D eigenvalue weighted by molar-refractivity contribution is 0.0696. The Labute approximate surface area is 247 Å². The number of carboxylic acid groups (broad SMARTS) is 1. The van der Waals surface area contributed by atoms with E-state index in [2.05, 4.69) is 10.6 Å². The number of aliphatic hydroxyl groups is 1. The van der Waals surface area contributed by atoms with Crippen LogP contribution in [0.1, 0.15) is 54.6 Å². The van der Waals surface area contributed by atoms with Crippen molar-refractivity contribution in [2.24, 2.45) is 11.1 Å². The molecule has 0 spiro atoms. The van der Waals surface area contributed by atoms with Gasteiger partial charge in [0.25, 0.3) is 0 Å². The van der Waals surface area contributed by atoms with E-state index in [1.165, 1.54) is 49.6 Å². The highest BCUT2D eigenvalue weighted by Gasteiger charge is 2.58. The molecule has 1 saturated heterocycles. The number of hydrogen-bond donors (Lipinski definition) is 5. The Morgan fingerprint density at radius 3 is 2.49 bits per heavy atom. The van der Waals surface area contributed by atoms with E-state index in [4.69, 9.17) is 33.7 Å². The lowest BCUT2D eigenvalue weighted by Gasteiger charge is -2.40.